The number of hydrogen-bond acceptors (Lipinski definition) is 5. The first kappa shape index (κ1) is 12.4. The smallest absolute Gasteiger partial charge is 0.357 e. The number of carbonyl (C=O) groups excluding carboxylic acids is 1. The summed E-state index contributed by atoms with van der Waals surface area (Å²) >= 11 is 1.57. The van der Waals surface area contributed by atoms with Crippen molar-refractivity contribution >= 4 is 22.4 Å². The molecule has 2 atom stereocenters. The third kappa shape index (κ3) is 2.29. The summed E-state index contributed by atoms with van der Waals surface area (Å²) in [4.78, 5) is 19.1. The van der Waals surface area contributed by atoms with Crippen LogP contribution in [0.5, 0.6) is 0 Å². The molecule has 1 saturated heterocycles. The lowest BCUT2D eigenvalue weighted by atomic mass is 10.0. The van der Waals surface area contributed by atoms with E-state index in [2.05, 4.69) is 23.7 Å². The Morgan fingerprint density at radius 1 is 1.41 bits per heavy atom. The van der Waals surface area contributed by atoms with Gasteiger partial charge in [0.15, 0.2) is 10.8 Å². The third-order valence-electron chi connectivity index (χ3n) is 3.42. The van der Waals surface area contributed by atoms with Gasteiger partial charge in [-0.15, -0.1) is 11.3 Å². The van der Waals surface area contributed by atoms with Crippen LogP contribution < -0.4 is 4.90 Å². The highest BCUT2D eigenvalue weighted by atomic mass is 32.1. The fraction of sp³-hybridized carbons (Fsp3) is 0.667. The van der Waals surface area contributed by atoms with Crippen LogP contribution in [0.4, 0.5) is 5.13 Å². The van der Waals surface area contributed by atoms with Crippen LogP contribution in [0.15, 0.2) is 0 Å². The SMILES string of the molecule is COC(=O)c1nc(N2CC(C)C(C)C2)sc1C. The van der Waals surface area contributed by atoms with Crippen molar-refractivity contribution in [2.45, 2.75) is 20.8 Å². The lowest BCUT2D eigenvalue weighted by molar-refractivity contribution is 0.0594. The van der Waals surface area contributed by atoms with Gasteiger partial charge < -0.3 is 9.64 Å². The van der Waals surface area contributed by atoms with Gasteiger partial charge in [-0.1, -0.05) is 13.8 Å². The molecule has 0 aromatic carbocycles. The first-order chi connectivity index (χ1) is 8.02. The highest BCUT2D eigenvalue weighted by molar-refractivity contribution is 7.15. The van der Waals surface area contributed by atoms with Crippen molar-refractivity contribution in [1.29, 1.82) is 0 Å². The fourth-order valence-electron chi connectivity index (χ4n) is 2.09. The second-order valence-electron chi connectivity index (χ2n) is 4.75. The first-order valence-corrected chi connectivity index (χ1v) is 6.65. The van der Waals surface area contributed by atoms with Gasteiger partial charge in [-0.05, 0) is 18.8 Å². The van der Waals surface area contributed by atoms with Crippen LogP contribution in [0.1, 0.15) is 29.2 Å². The largest absolute Gasteiger partial charge is 0.464 e. The van der Waals surface area contributed by atoms with E-state index in [9.17, 15) is 4.79 Å². The van der Waals surface area contributed by atoms with E-state index in [0.29, 0.717) is 17.5 Å². The number of ether oxygens (including phenoxy) is 1. The molecular formula is C12H18N2O2S. The Bertz CT molecular complexity index is 420. The molecule has 1 fully saturated rings. The standard InChI is InChI=1S/C12H18N2O2S/c1-7-5-14(6-8(7)2)12-13-10(9(3)17-12)11(15)16-4/h7-8H,5-6H2,1-4H3. The summed E-state index contributed by atoms with van der Waals surface area (Å²) < 4.78 is 4.72. The summed E-state index contributed by atoms with van der Waals surface area (Å²) in [6.45, 7) is 8.47. The number of hydrogen-bond donors (Lipinski definition) is 0. The number of rotatable bonds is 2. The number of esters is 1. The Morgan fingerprint density at radius 3 is 2.53 bits per heavy atom. The Morgan fingerprint density at radius 2 is 2.00 bits per heavy atom. The van der Waals surface area contributed by atoms with Crippen molar-refractivity contribution in [2.75, 3.05) is 25.1 Å². The normalized spacial score (nSPS) is 24.1. The van der Waals surface area contributed by atoms with E-state index in [-0.39, 0.29) is 5.97 Å². The molecule has 1 aromatic heterocycles. The lowest BCUT2D eigenvalue weighted by Gasteiger charge is -2.13. The van der Waals surface area contributed by atoms with E-state index < -0.39 is 0 Å². The molecule has 0 saturated carbocycles. The molecule has 94 valence electrons. The highest BCUT2D eigenvalue weighted by Gasteiger charge is 2.29. The zero-order valence-corrected chi connectivity index (χ0v) is 11.5. The molecule has 1 aliphatic heterocycles. The summed E-state index contributed by atoms with van der Waals surface area (Å²) in [6, 6.07) is 0. The maximum absolute atomic E-state index is 11.5. The first-order valence-electron chi connectivity index (χ1n) is 5.83. The van der Waals surface area contributed by atoms with Crippen molar-refractivity contribution in [3.63, 3.8) is 0 Å². The second kappa shape index (κ2) is 4.64. The maximum atomic E-state index is 11.5. The minimum Gasteiger partial charge on any atom is -0.464 e. The number of methoxy groups -OCH3 is 1. The number of thiazole rings is 1. The monoisotopic (exact) mass is 254 g/mol. The van der Waals surface area contributed by atoms with Gasteiger partial charge >= 0.3 is 5.97 Å². The van der Waals surface area contributed by atoms with Crippen LogP contribution in [0.25, 0.3) is 0 Å². The third-order valence-corrected chi connectivity index (χ3v) is 4.45. The molecule has 0 spiro atoms. The van der Waals surface area contributed by atoms with E-state index >= 15 is 0 Å². The molecule has 2 unspecified atom stereocenters. The topological polar surface area (TPSA) is 42.4 Å². The van der Waals surface area contributed by atoms with Gasteiger partial charge in [0.1, 0.15) is 0 Å². The van der Waals surface area contributed by atoms with Gasteiger partial charge in [0.25, 0.3) is 0 Å². The molecule has 1 aromatic rings. The van der Waals surface area contributed by atoms with Gasteiger partial charge in [0.2, 0.25) is 0 Å². The van der Waals surface area contributed by atoms with Crippen LogP contribution in [0.3, 0.4) is 0 Å². The van der Waals surface area contributed by atoms with Crippen molar-refractivity contribution in [2.24, 2.45) is 11.8 Å². The number of carbonyl (C=O) groups is 1. The molecular weight excluding hydrogens is 236 g/mol. The van der Waals surface area contributed by atoms with E-state index in [1.54, 1.807) is 11.3 Å². The zero-order valence-electron chi connectivity index (χ0n) is 10.7. The van der Waals surface area contributed by atoms with E-state index in [0.717, 1.165) is 23.1 Å². The molecule has 17 heavy (non-hydrogen) atoms. The predicted molar refractivity (Wildman–Crippen MR) is 68.7 cm³/mol. The second-order valence-corrected chi connectivity index (χ2v) is 5.93. The van der Waals surface area contributed by atoms with Crippen LogP contribution in [-0.2, 0) is 4.74 Å². The van der Waals surface area contributed by atoms with Gasteiger partial charge in [-0.3, -0.25) is 0 Å². The van der Waals surface area contributed by atoms with Crippen molar-refractivity contribution in [3.8, 4) is 0 Å². The van der Waals surface area contributed by atoms with Gasteiger partial charge in [0, 0.05) is 18.0 Å². The number of anilines is 1. The Labute approximate surface area is 106 Å². The van der Waals surface area contributed by atoms with Crippen molar-refractivity contribution in [3.05, 3.63) is 10.6 Å². The minimum absolute atomic E-state index is 0.342. The van der Waals surface area contributed by atoms with Gasteiger partial charge in [0.05, 0.1) is 7.11 Å². The minimum atomic E-state index is -0.342. The molecule has 5 heteroatoms. The molecule has 0 bridgehead atoms. The Kier molecular flexibility index (Phi) is 3.38. The zero-order chi connectivity index (χ0) is 12.6. The molecule has 4 nitrogen and oxygen atoms in total. The van der Waals surface area contributed by atoms with Crippen LogP contribution in [0, 0.1) is 18.8 Å². The number of aromatic nitrogens is 1. The number of nitrogens with zero attached hydrogens (tertiary/aromatic N) is 2. The molecule has 0 N–H and O–H groups in total. The quantitative estimate of drug-likeness (QED) is 0.760. The van der Waals surface area contributed by atoms with Crippen LogP contribution >= 0.6 is 11.3 Å². The summed E-state index contributed by atoms with van der Waals surface area (Å²) in [5.74, 6) is 1.02. The van der Waals surface area contributed by atoms with Crippen molar-refractivity contribution in [1.82, 2.24) is 4.98 Å². The van der Waals surface area contributed by atoms with E-state index in [1.165, 1.54) is 7.11 Å². The van der Waals surface area contributed by atoms with E-state index in [4.69, 9.17) is 4.74 Å². The van der Waals surface area contributed by atoms with E-state index in [1.807, 2.05) is 6.92 Å². The Hall–Kier alpha value is -1.10. The maximum Gasteiger partial charge on any atom is 0.357 e. The molecule has 0 amide bonds. The predicted octanol–water partition coefficient (Wildman–Crippen LogP) is 2.33. The van der Waals surface area contributed by atoms with Crippen LogP contribution in [0.2, 0.25) is 0 Å². The summed E-state index contributed by atoms with van der Waals surface area (Å²) in [5.41, 5.74) is 0.458. The summed E-state index contributed by atoms with van der Waals surface area (Å²) in [5, 5.41) is 0.944. The fourth-order valence-corrected chi connectivity index (χ4v) is 3.00. The molecule has 0 aliphatic carbocycles. The Balaban J connectivity index is 2.21. The lowest BCUT2D eigenvalue weighted by Crippen LogP contribution is -2.19. The average molecular weight is 254 g/mol. The molecule has 1 aliphatic rings. The summed E-state index contributed by atoms with van der Waals surface area (Å²) in [7, 11) is 1.39. The highest BCUT2D eigenvalue weighted by Crippen LogP contribution is 2.32. The number of aryl methyl sites for hydroxylation is 1. The molecule has 0 radical (unpaired) electrons. The average Bonchev–Trinajstić information content (AvgIpc) is 2.82. The van der Waals surface area contributed by atoms with Gasteiger partial charge in [-0.25, -0.2) is 9.78 Å². The summed E-state index contributed by atoms with van der Waals surface area (Å²) in [6.07, 6.45) is 0. The van der Waals surface area contributed by atoms with Crippen molar-refractivity contribution < 1.29 is 9.53 Å². The molecule has 2 heterocycles. The van der Waals surface area contributed by atoms with Gasteiger partial charge in [-0.2, -0.15) is 0 Å². The molecule has 2 rings (SSSR count). The van der Waals surface area contributed by atoms with Crippen LogP contribution in [-0.4, -0.2) is 31.2 Å².